The number of halogens is 1. The van der Waals surface area contributed by atoms with E-state index in [2.05, 4.69) is 13.8 Å². The Bertz CT molecular complexity index is 183. The maximum Gasteiger partial charge on any atom is 0.0952 e. The van der Waals surface area contributed by atoms with Gasteiger partial charge in [0.2, 0.25) is 0 Å². The Morgan fingerprint density at radius 2 is 2.09 bits per heavy atom. The summed E-state index contributed by atoms with van der Waals surface area (Å²) in [4.78, 5) is 0. The first kappa shape index (κ1) is 10.8. The summed E-state index contributed by atoms with van der Waals surface area (Å²) in [6.07, 6.45) is 3.82. The predicted molar refractivity (Wildman–Crippen MR) is 58.1 cm³/mol. The van der Waals surface area contributed by atoms with E-state index >= 15 is 0 Å². The molecule has 0 aromatic heterocycles. The highest BCUT2D eigenvalue weighted by atomic mass is 127. The van der Waals surface area contributed by atoms with Crippen molar-refractivity contribution in [2.75, 3.05) is 0 Å². The fourth-order valence-corrected chi connectivity index (χ4v) is 1.17. The second-order valence-corrected chi connectivity index (χ2v) is 3.85. The topological polar surface area (TPSA) is 47.7 Å². The molecule has 2 nitrogen and oxygen atoms in total. The van der Waals surface area contributed by atoms with Crippen LogP contribution in [0.2, 0.25) is 0 Å². The van der Waals surface area contributed by atoms with Crippen LogP contribution in [-0.4, -0.2) is 9.93 Å². The SMILES string of the molecule is CC(C)C/C(=C/C=N)C(=N)I. The van der Waals surface area contributed by atoms with Crippen molar-refractivity contribution in [1.29, 1.82) is 10.8 Å². The van der Waals surface area contributed by atoms with E-state index in [0.29, 0.717) is 9.64 Å². The van der Waals surface area contributed by atoms with Gasteiger partial charge in [0.15, 0.2) is 0 Å². The molecule has 0 spiro atoms. The van der Waals surface area contributed by atoms with E-state index in [1.807, 2.05) is 22.6 Å². The van der Waals surface area contributed by atoms with Crippen LogP contribution >= 0.6 is 22.6 Å². The standard InChI is InChI=1S/C8H13IN2/c1-6(2)5-7(3-4-10)8(9)11/h3-4,6,10-11H,5H2,1-2H3/b7-3-,10-4?,11-8?. The van der Waals surface area contributed by atoms with E-state index in [1.165, 1.54) is 6.21 Å². The average molecular weight is 264 g/mol. The van der Waals surface area contributed by atoms with Crippen molar-refractivity contribution in [3.63, 3.8) is 0 Å². The van der Waals surface area contributed by atoms with Gasteiger partial charge in [0.25, 0.3) is 0 Å². The fraction of sp³-hybridized carbons (Fsp3) is 0.500. The molecule has 0 aromatic rings. The lowest BCUT2D eigenvalue weighted by Crippen LogP contribution is -1.97. The number of hydrogen-bond acceptors (Lipinski definition) is 2. The zero-order chi connectivity index (χ0) is 8.85. The van der Waals surface area contributed by atoms with Gasteiger partial charge in [0.05, 0.1) is 3.72 Å². The molecule has 0 bridgehead atoms. The molecular formula is C8H13IN2. The van der Waals surface area contributed by atoms with Crippen molar-refractivity contribution in [3.05, 3.63) is 11.6 Å². The highest BCUT2D eigenvalue weighted by molar-refractivity contribution is 14.1. The molecular weight excluding hydrogens is 251 g/mol. The van der Waals surface area contributed by atoms with Crippen molar-refractivity contribution in [1.82, 2.24) is 0 Å². The number of hydrogen-bond donors (Lipinski definition) is 2. The number of allylic oxidation sites excluding steroid dienone is 2. The molecule has 0 aromatic carbocycles. The van der Waals surface area contributed by atoms with Crippen LogP contribution in [0.5, 0.6) is 0 Å². The molecule has 0 atom stereocenters. The van der Waals surface area contributed by atoms with Crippen LogP contribution in [0.15, 0.2) is 11.6 Å². The van der Waals surface area contributed by atoms with Crippen LogP contribution in [-0.2, 0) is 0 Å². The van der Waals surface area contributed by atoms with Gasteiger partial charge in [-0.15, -0.1) is 0 Å². The van der Waals surface area contributed by atoms with E-state index in [4.69, 9.17) is 10.8 Å². The molecule has 0 aliphatic heterocycles. The highest BCUT2D eigenvalue weighted by Gasteiger charge is 2.03. The maximum absolute atomic E-state index is 7.36. The van der Waals surface area contributed by atoms with Gasteiger partial charge in [-0.1, -0.05) is 13.8 Å². The summed E-state index contributed by atoms with van der Waals surface area (Å²) in [5, 5.41) is 14.2. The van der Waals surface area contributed by atoms with E-state index in [9.17, 15) is 0 Å². The summed E-state index contributed by atoms with van der Waals surface area (Å²) in [6.45, 7) is 4.22. The Balaban J connectivity index is 4.23. The van der Waals surface area contributed by atoms with Crippen LogP contribution < -0.4 is 0 Å². The molecule has 0 aliphatic rings. The third-order valence-corrected chi connectivity index (χ3v) is 1.89. The molecule has 11 heavy (non-hydrogen) atoms. The lowest BCUT2D eigenvalue weighted by atomic mass is 10.0. The van der Waals surface area contributed by atoms with Gasteiger partial charge in [-0.05, 0) is 46.6 Å². The average Bonchev–Trinajstić information content (AvgIpc) is 1.86. The van der Waals surface area contributed by atoms with Crippen LogP contribution in [0, 0.1) is 16.7 Å². The largest absolute Gasteiger partial charge is 0.309 e. The second kappa shape index (κ2) is 5.46. The minimum atomic E-state index is 0.541. The van der Waals surface area contributed by atoms with Crippen LogP contribution in [0.1, 0.15) is 20.3 Å². The van der Waals surface area contributed by atoms with E-state index in [-0.39, 0.29) is 0 Å². The minimum Gasteiger partial charge on any atom is -0.309 e. The van der Waals surface area contributed by atoms with Crippen molar-refractivity contribution >= 4 is 32.5 Å². The van der Waals surface area contributed by atoms with Crippen LogP contribution in [0.3, 0.4) is 0 Å². The number of rotatable bonds is 4. The van der Waals surface area contributed by atoms with Crippen LogP contribution in [0.25, 0.3) is 0 Å². The third-order valence-electron chi connectivity index (χ3n) is 1.19. The Morgan fingerprint density at radius 3 is 2.36 bits per heavy atom. The smallest absolute Gasteiger partial charge is 0.0952 e. The van der Waals surface area contributed by atoms with Gasteiger partial charge in [0, 0.05) is 6.21 Å². The first-order valence-corrected chi connectivity index (χ1v) is 4.59. The minimum absolute atomic E-state index is 0.541. The van der Waals surface area contributed by atoms with Crippen molar-refractivity contribution in [2.45, 2.75) is 20.3 Å². The zero-order valence-electron chi connectivity index (χ0n) is 6.82. The summed E-state index contributed by atoms with van der Waals surface area (Å²) in [5.41, 5.74) is 0.954. The first-order chi connectivity index (χ1) is 5.07. The Morgan fingerprint density at radius 1 is 1.55 bits per heavy atom. The molecule has 0 saturated carbocycles. The van der Waals surface area contributed by atoms with E-state index in [1.54, 1.807) is 6.08 Å². The quantitative estimate of drug-likeness (QED) is 0.579. The van der Waals surface area contributed by atoms with Crippen molar-refractivity contribution in [3.8, 4) is 0 Å². The molecule has 0 amide bonds. The lowest BCUT2D eigenvalue weighted by molar-refractivity contribution is 0.655. The molecule has 2 N–H and O–H groups in total. The molecule has 0 saturated heterocycles. The summed E-state index contributed by atoms with van der Waals surface area (Å²) in [6, 6.07) is 0. The van der Waals surface area contributed by atoms with Gasteiger partial charge in [-0.25, -0.2) is 0 Å². The predicted octanol–water partition coefficient (Wildman–Crippen LogP) is 3.02. The summed E-state index contributed by atoms with van der Waals surface area (Å²) < 4.78 is 0.541. The Kier molecular flexibility index (Phi) is 5.36. The Labute approximate surface area is 81.2 Å². The third kappa shape index (κ3) is 5.12. The first-order valence-electron chi connectivity index (χ1n) is 3.52. The molecule has 0 unspecified atom stereocenters. The molecule has 0 rings (SSSR count). The van der Waals surface area contributed by atoms with Crippen molar-refractivity contribution < 1.29 is 0 Å². The second-order valence-electron chi connectivity index (χ2n) is 2.77. The van der Waals surface area contributed by atoms with Gasteiger partial charge in [-0.2, -0.15) is 0 Å². The van der Waals surface area contributed by atoms with Crippen LogP contribution in [0.4, 0.5) is 0 Å². The molecule has 3 heteroatoms. The molecule has 0 heterocycles. The summed E-state index contributed by atoms with van der Waals surface area (Å²) >= 11 is 1.97. The molecule has 0 fully saturated rings. The summed E-state index contributed by atoms with van der Waals surface area (Å²) in [5.74, 6) is 0.552. The number of nitrogens with one attached hydrogen (secondary N) is 2. The highest BCUT2D eigenvalue weighted by Crippen LogP contribution is 2.14. The molecule has 0 radical (unpaired) electrons. The maximum atomic E-state index is 7.36. The van der Waals surface area contributed by atoms with Gasteiger partial charge >= 0.3 is 0 Å². The molecule has 62 valence electrons. The van der Waals surface area contributed by atoms with E-state index < -0.39 is 0 Å². The Hall–Kier alpha value is -0.190. The van der Waals surface area contributed by atoms with Gasteiger partial charge < -0.3 is 5.41 Å². The van der Waals surface area contributed by atoms with Gasteiger partial charge in [0.1, 0.15) is 0 Å². The van der Waals surface area contributed by atoms with E-state index in [0.717, 1.165) is 12.0 Å². The van der Waals surface area contributed by atoms with Crippen molar-refractivity contribution in [2.24, 2.45) is 5.92 Å². The fourth-order valence-electron chi connectivity index (χ4n) is 0.771. The zero-order valence-corrected chi connectivity index (χ0v) is 8.97. The van der Waals surface area contributed by atoms with Gasteiger partial charge in [-0.3, -0.25) is 5.41 Å². The lowest BCUT2D eigenvalue weighted by Gasteiger charge is -2.05. The normalized spacial score (nSPS) is 11.8. The summed E-state index contributed by atoms with van der Waals surface area (Å²) in [7, 11) is 0. The monoisotopic (exact) mass is 264 g/mol. The molecule has 0 aliphatic carbocycles.